The van der Waals surface area contributed by atoms with Crippen molar-refractivity contribution in [2.24, 2.45) is 0 Å². The summed E-state index contributed by atoms with van der Waals surface area (Å²) in [6.07, 6.45) is 8.91. The number of halogens is 1. The largest absolute Gasteiger partial charge is 0.370 e. The number of rotatable bonds is 4. The Kier molecular flexibility index (Phi) is 6.34. The van der Waals surface area contributed by atoms with E-state index in [4.69, 9.17) is 11.6 Å². The van der Waals surface area contributed by atoms with Crippen LogP contribution in [-0.4, -0.2) is 48.2 Å². The monoisotopic (exact) mass is 414 g/mol. The summed E-state index contributed by atoms with van der Waals surface area (Å²) in [6, 6.07) is 7.51. The first-order valence-corrected chi connectivity index (χ1v) is 10.7. The molecule has 8 heteroatoms. The quantitative estimate of drug-likeness (QED) is 0.793. The first-order chi connectivity index (χ1) is 14.2. The van der Waals surface area contributed by atoms with Crippen LogP contribution in [0.5, 0.6) is 0 Å². The smallest absolute Gasteiger partial charge is 0.319 e. The molecule has 0 aliphatic carbocycles. The topological polar surface area (TPSA) is 73.4 Å². The molecule has 29 heavy (non-hydrogen) atoms. The number of carbonyl (C=O) groups excluding carboxylic acids is 1. The minimum atomic E-state index is -0.193. The number of aromatic nitrogens is 2. The van der Waals surface area contributed by atoms with Gasteiger partial charge < -0.3 is 20.4 Å². The van der Waals surface area contributed by atoms with Crippen molar-refractivity contribution in [3.8, 4) is 0 Å². The summed E-state index contributed by atoms with van der Waals surface area (Å²) in [5.74, 6) is 0.749. The van der Waals surface area contributed by atoms with E-state index in [2.05, 4.69) is 30.4 Å². The van der Waals surface area contributed by atoms with Crippen molar-refractivity contribution < 1.29 is 4.79 Å². The predicted molar refractivity (Wildman–Crippen MR) is 117 cm³/mol. The Morgan fingerprint density at radius 2 is 1.72 bits per heavy atom. The maximum atomic E-state index is 12.4. The summed E-state index contributed by atoms with van der Waals surface area (Å²) in [4.78, 5) is 25.5. The zero-order valence-electron chi connectivity index (χ0n) is 16.5. The molecule has 2 aliphatic rings. The van der Waals surface area contributed by atoms with Crippen LogP contribution in [0.3, 0.4) is 0 Å². The van der Waals surface area contributed by atoms with E-state index in [-0.39, 0.29) is 12.1 Å². The number of benzene rings is 1. The molecule has 0 bridgehead atoms. The van der Waals surface area contributed by atoms with Crippen molar-refractivity contribution in [2.75, 3.05) is 41.3 Å². The average Bonchev–Trinajstić information content (AvgIpc) is 2.75. The second kappa shape index (κ2) is 9.31. The van der Waals surface area contributed by atoms with Crippen LogP contribution in [0.15, 0.2) is 36.7 Å². The van der Waals surface area contributed by atoms with E-state index < -0.39 is 0 Å². The second-order valence-corrected chi connectivity index (χ2v) is 8.03. The Morgan fingerprint density at radius 3 is 2.41 bits per heavy atom. The van der Waals surface area contributed by atoms with Crippen molar-refractivity contribution >= 4 is 35.0 Å². The molecule has 154 valence electrons. The van der Waals surface area contributed by atoms with E-state index >= 15 is 0 Å². The van der Waals surface area contributed by atoms with E-state index in [1.807, 2.05) is 24.3 Å². The number of nitrogens with zero attached hydrogens (tertiary/aromatic N) is 4. The first-order valence-electron chi connectivity index (χ1n) is 10.3. The van der Waals surface area contributed by atoms with Gasteiger partial charge in [0.15, 0.2) is 0 Å². The zero-order chi connectivity index (χ0) is 20.1. The molecule has 3 heterocycles. The summed E-state index contributed by atoms with van der Waals surface area (Å²) in [6.45, 7) is 3.73. The number of hydrogen-bond donors (Lipinski definition) is 2. The molecular weight excluding hydrogens is 388 g/mol. The van der Waals surface area contributed by atoms with Gasteiger partial charge >= 0.3 is 6.03 Å². The molecule has 2 fully saturated rings. The fraction of sp³-hybridized carbons (Fsp3) is 0.476. The summed E-state index contributed by atoms with van der Waals surface area (Å²) >= 11 is 6.48. The van der Waals surface area contributed by atoms with Gasteiger partial charge in [-0.1, -0.05) is 11.6 Å². The molecule has 0 spiro atoms. The van der Waals surface area contributed by atoms with Crippen LogP contribution in [0.4, 0.5) is 22.1 Å². The molecule has 2 saturated heterocycles. The van der Waals surface area contributed by atoms with Crippen molar-refractivity contribution in [3.05, 3.63) is 41.7 Å². The fourth-order valence-corrected chi connectivity index (χ4v) is 4.31. The van der Waals surface area contributed by atoms with Crippen LogP contribution in [0.25, 0.3) is 0 Å². The molecule has 2 amide bonds. The average molecular weight is 415 g/mol. The van der Waals surface area contributed by atoms with Crippen LogP contribution < -0.4 is 20.4 Å². The highest BCUT2D eigenvalue weighted by Crippen LogP contribution is 2.30. The van der Waals surface area contributed by atoms with E-state index in [1.54, 1.807) is 12.4 Å². The van der Waals surface area contributed by atoms with Gasteiger partial charge in [-0.15, -0.1) is 0 Å². The number of amides is 2. The lowest BCUT2D eigenvalue weighted by atomic mass is 10.1. The maximum absolute atomic E-state index is 12.4. The Balaban J connectivity index is 1.27. The van der Waals surface area contributed by atoms with Crippen LogP contribution >= 0.6 is 11.6 Å². The molecule has 2 N–H and O–H groups in total. The standard InChI is InChI=1S/C21H27ClN6O/c22-18-15-17(5-6-19(18)27-11-2-1-3-12-27)26-21(29)25-16-7-13-28(14-8-16)20-23-9-4-10-24-20/h4-6,9-10,15-16H,1-3,7-8,11-14H2,(H2,25,26,29). The molecule has 0 saturated carbocycles. The van der Waals surface area contributed by atoms with Gasteiger partial charge in [0.1, 0.15) is 0 Å². The molecule has 2 aromatic rings. The third-order valence-corrected chi connectivity index (χ3v) is 5.87. The van der Waals surface area contributed by atoms with Crippen LogP contribution in [-0.2, 0) is 0 Å². The number of anilines is 3. The highest BCUT2D eigenvalue weighted by Gasteiger charge is 2.22. The Labute approximate surface area is 176 Å². The van der Waals surface area contributed by atoms with Crippen molar-refractivity contribution in [1.82, 2.24) is 15.3 Å². The van der Waals surface area contributed by atoms with Gasteiger partial charge in [0.2, 0.25) is 5.95 Å². The third-order valence-electron chi connectivity index (χ3n) is 5.57. The van der Waals surface area contributed by atoms with Crippen molar-refractivity contribution in [1.29, 1.82) is 0 Å². The summed E-state index contributed by atoms with van der Waals surface area (Å²) < 4.78 is 0. The van der Waals surface area contributed by atoms with E-state index in [1.165, 1.54) is 19.3 Å². The van der Waals surface area contributed by atoms with Crippen LogP contribution in [0.2, 0.25) is 5.02 Å². The summed E-state index contributed by atoms with van der Waals surface area (Å²) in [5.41, 5.74) is 1.76. The van der Waals surface area contributed by atoms with Crippen LogP contribution in [0.1, 0.15) is 32.1 Å². The summed E-state index contributed by atoms with van der Waals surface area (Å²) in [5, 5.41) is 6.66. The molecular formula is C21H27ClN6O. The minimum absolute atomic E-state index is 0.137. The first kappa shape index (κ1) is 19.8. The SMILES string of the molecule is O=C(Nc1ccc(N2CCCCC2)c(Cl)c1)NC1CCN(c2ncccn2)CC1. The van der Waals surface area contributed by atoms with Gasteiger partial charge in [-0.2, -0.15) is 0 Å². The lowest BCUT2D eigenvalue weighted by Gasteiger charge is -2.32. The number of urea groups is 1. The van der Waals surface area contributed by atoms with E-state index in [0.717, 1.165) is 50.7 Å². The lowest BCUT2D eigenvalue weighted by molar-refractivity contribution is 0.246. The lowest BCUT2D eigenvalue weighted by Crippen LogP contribution is -2.46. The number of carbonyl (C=O) groups is 1. The summed E-state index contributed by atoms with van der Waals surface area (Å²) in [7, 11) is 0. The van der Waals surface area contributed by atoms with Gasteiger partial charge in [-0.3, -0.25) is 0 Å². The normalized spacial score (nSPS) is 17.8. The molecule has 0 unspecified atom stereocenters. The van der Waals surface area contributed by atoms with Gasteiger partial charge in [0, 0.05) is 50.3 Å². The van der Waals surface area contributed by atoms with Gasteiger partial charge in [0.05, 0.1) is 10.7 Å². The number of hydrogen-bond acceptors (Lipinski definition) is 5. The maximum Gasteiger partial charge on any atom is 0.319 e. The van der Waals surface area contributed by atoms with Crippen molar-refractivity contribution in [3.63, 3.8) is 0 Å². The van der Waals surface area contributed by atoms with Gasteiger partial charge in [-0.25, -0.2) is 14.8 Å². The van der Waals surface area contributed by atoms with Crippen molar-refractivity contribution in [2.45, 2.75) is 38.1 Å². The Bertz CT molecular complexity index is 819. The fourth-order valence-electron chi connectivity index (χ4n) is 4.01. The second-order valence-electron chi connectivity index (χ2n) is 7.62. The van der Waals surface area contributed by atoms with E-state index in [0.29, 0.717) is 10.7 Å². The molecule has 4 rings (SSSR count). The Morgan fingerprint density at radius 1 is 1.00 bits per heavy atom. The predicted octanol–water partition coefficient (Wildman–Crippen LogP) is 3.91. The van der Waals surface area contributed by atoms with Gasteiger partial charge in [0.25, 0.3) is 0 Å². The molecule has 1 aromatic heterocycles. The number of piperidine rings is 2. The van der Waals surface area contributed by atoms with Gasteiger partial charge in [-0.05, 0) is 56.4 Å². The molecule has 0 atom stereocenters. The molecule has 0 radical (unpaired) electrons. The van der Waals surface area contributed by atoms with E-state index in [9.17, 15) is 4.79 Å². The molecule has 2 aliphatic heterocycles. The highest BCUT2D eigenvalue weighted by atomic mass is 35.5. The molecule has 1 aromatic carbocycles. The third kappa shape index (κ3) is 5.09. The molecule has 7 nitrogen and oxygen atoms in total. The minimum Gasteiger partial charge on any atom is -0.370 e. The Hall–Kier alpha value is -2.54. The number of nitrogens with one attached hydrogen (secondary N) is 2. The zero-order valence-corrected chi connectivity index (χ0v) is 17.2. The van der Waals surface area contributed by atoms with Crippen LogP contribution in [0, 0.1) is 0 Å². The highest BCUT2D eigenvalue weighted by molar-refractivity contribution is 6.33.